The van der Waals surface area contributed by atoms with E-state index >= 15 is 0 Å². The average molecular weight is 429 g/mol. The van der Waals surface area contributed by atoms with Gasteiger partial charge in [-0.25, -0.2) is 14.4 Å². The number of hydrogen-bond donors (Lipinski definition) is 4. The molecule has 3 unspecified atom stereocenters. The van der Waals surface area contributed by atoms with Crippen LogP contribution in [0, 0.1) is 0 Å². The number of piperidine rings is 1. The lowest BCUT2D eigenvalue weighted by molar-refractivity contribution is 0.0838. The van der Waals surface area contributed by atoms with E-state index in [4.69, 9.17) is 0 Å². The summed E-state index contributed by atoms with van der Waals surface area (Å²) in [6, 6.07) is 9.51. The van der Waals surface area contributed by atoms with Crippen LogP contribution in [0.2, 0.25) is 0 Å². The Morgan fingerprint density at radius 2 is 2.16 bits per heavy atom. The molecule has 166 valence electrons. The quantitative estimate of drug-likeness (QED) is 0.516. The largest absolute Gasteiger partial charge is 0.390 e. The summed E-state index contributed by atoms with van der Waals surface area (Å²) in [6.07, 6.45) is 1.18. The molecule has 2 aliphatic rings. The fraction of sp³-hybridized carbons (Fsp3) is 0.500. The van der Waals surface area contributed by atoms with Crippen LogP contribution in [0.15, 0.2) is 36.7 Å². The molecule has 4 rings (SSSR count). The standard InChI is InChI=1S/C22H29FN6O2/c23-18-11-24-7-5-19(18)28-21-9-20(26-14-27-21)22(31)25-10-17(30)13-29-8-6-15-3-1-2-4-16(15)12-29/h1-4,9,14,17-19,24,30H,5-8,10-13H2,(H,25,31)(H,26,27,28). The van der Waals surface area contributed by atoms with Crippen LogP contribution in [0.3, 0.4) is 0 Å². The Balaban J connectivity index is 1.26. The normalized spacial score (nSPS) is 22.4. The smallest absolute Gasteiger partial charge is 0.270 e. The Morgan fingerprint density at radius 3 is 3.00 bits per heavy atom. The maximum Gasteiger partial charge on any atom is 0.270 e. The molecule has 31 heavy (non-hydrogen) atoms. The SMILES string of the molecule is O=C(NCC(O)CN1CCc2ccccc2C1)c1cc(NC2CCNCC2F)ncn1. The van der Waals surface area contributed by atoms with Gasteiger partial charge in [-0.15, -0.1) is 0 Å². The zero-order valence-electron chi connectivity index (χ0n) is 17.4. The molecule has 0 radical (unpaired) electrons. The third kappa shape index (κ3) is 5.75. The molecule has 3 atom stereocenters. The topological polar surface area (TPSA) is 102 Å². The van der Waals surface area contributed by atoms with Crippen molar-refractivity contribution in [3.63, 3.8) is 0 Å². The highest BCUT2D eigenvalue weighted by Gasteiger charge is 2.25. The second kappa shape index (κ2) is 10.1. The molecule has 1 fully saturated rings. The Hall–Kier alpha value is -2.62. The van der Waals surface area contributed by atoms with Crippen molar-refractivity contribution in [2.75, 3.05) is 38.0 Å². The van der Waals surface area contributed by atoms with Gasteiger partial charge in [0, 0.05) is 38.8 Å². The van der Waals surface area contributed by atoms with Gasteiger partial charge in [-0.2, -0.15) is 0 Å². The predicted molar refractivity (Wildman–Crippen MR) is 116 cm³/mol. The molecule has 8 nitrogen and oxygen atoms in total. The Labute approximate surface area is 181 Å². The van der Waals surface area contributed by atoms with E-state index < -0.39 is 18.2 Å². The fourth-order valence-corrected chi connectivity index (χ4v) is 4.11. The van der Waals surface area contributed by atoms with Crippen LogP contribution in [0.5, 0.6) is 0 Å². The molecule has 1 amide bonds. The van der Waals surface area contributed by atoms with Gasteiger partial charge in [0.1, 0.15) is 24.0 Å². The Bertz CT molecular complexity index is 898. The summed E-state index contributed by atoms with van der Waals surface area (Å²) in [5.41, 5.74) is 2.83. The molecular weight excluding hydrogens is 399 g/mol. The number of aliphatic hydroxyl groups is 1. The van der Waals surface area contributed by atoms with E-state index in [0.29, 0.717) is 25.3 Å². The van der Waals surface area contributed by atoms with Crippen molar-refractivity contribution in [1.82, 2.24) is 25.5 Å². The molecule has 9 heteroatoms. The van der Waals surface area contributed by atoms with E-state index in [9.17, 15) is 14.3 Å². The number of carbonyl (C=O) groups is 1. The van der Waals surface area contributed by atoms with Crippen LogP contribution >= 0.6 is 0 Å². The minimum absolute atomic E-state index is 0.130. The molecule has 1 aromatic carbocycles. The second-order valence-electron chi connectivity index (χ2n) is 8.17. The minimum Gasteiger partial charge on any atom is -0.390 e. The van der Waals surface area contributed by atoms with Gasteiger partial charge in [0.2, 0.25) is 0 Å². The highest BCUT2D eigenvalue weighted by Crippen LogP contribution is 2.18. The molecule has 0 saturated carbocycles. The summed E-state index contributed by atoms with van der Waals surface area (Å²) in [7, 11) is 0. The van der Waals surface area contributed by atoms with E-state index in [2.05, 4.69) is 49.0 Å². The number of aromatic nitrogens is 2. The molecule has 0 bridgehead atoms. The van der Waals surface area contributed by atoms with E-state index in [1.165, 1.54) is 23.5 Å². The molecule has 0 aliphatic carbocycles. The maximum absolute atomic E-state index is 14.0. The molecule has 1 saturated heterocycles. The van der Waals surface area contributed by atoms with Crippen LogP contribution in [-0.2, 0) is 13.0 Å². The molecule has 4 N–H and O–H groups in total. The lowest BCUT2D eigenvalue weighted by atomic mass is 10.00. The number of carbonyl (C=O) groups excluding carboxylic acids is 1. The summed E-state index contributed by atoms with van der Waals surface area (Å²) in [6.45, 7) is 3.33. The molecule has 2 aliphatic heterocycles. The fourth-order valence-electron chi connectivity index (χ4n) is 4.11. The van der Waals surface area contributed by atoms with Gasteiger partial charge in [-0.1, -0.05) is 24.3 Å². The monoisotopic (exact) mass is 428 g/mol. The van der Waals surface area contributed by atoms with E-state index in [0.717, 1.165) is 26.1 Å². The molecule has 1 aromatic heterocycles. The lowest BCUT2D eigenvalue weighted by Gasteiger charge is -2.30. The number of aliphatic hydroxyl groups excluding tert-OH is 1. The summed E-state index contributed by atoms with van der Waals surface area (Å²) in [4.78, 5) is 22.8. The second-order valence-corrected chi connectivity index (χ2v) is 8.17. The summed E-state index contributed by atoms with van der Waals surface area (Å²) in [5, 5.41) is 19.2. The van der Waals surface area contributed by atoms with Gasteiger partial charge in [0.15, 0.2) is 0 Å². The third-order valence-electron chi connectivity index (χ3n) is 5.82. The Kier molecular flexibility index (Phi) is 7.06. The highest BCUT2D eigenvalue weighted by molar-refractivity contribution is 5.92. The van der Waals surface area contributed by atoms with Crippen LogP contribution in [0.25, 0.3) is 0 Å². The van der Waals surface area contributed by atoms with Gasteiger partial charge in [0.05, 0.1) is 12.1 Å². The van der Waals surface area contributed by atoms with Crippen molar-refractivity contribution in [3.8, 4) is 0 Å². The van der Waals surface area contributed by atoms with Crippen LogP contribution in [-0.4, -0.2) is 76.9 Å². The van der Waals surface area contributed by atoms with Gasteiger partial charge >= 0.3 is 0 Å². The van der Waals surface area contributed by atoms with Crippen LogP contribution < -0.4 is 16.0 Å². The number of anilines is 1. The average Bonchev–Trinajstić information content (AvgIpc) is 2.79. The lowest BCUT2D eigenvalue weighted by Crippen LogP contribution is -2.45. The zero-order chi connectivity index (χ0) is 21.6. The summed E-state index contributed by atoms with van der Waals surface area (Å²) in [5.74, 6) is 0.0258. The third-order valence-corrected chi connectivity index (χ3v) is 5.82. The van der Waals surface area contributed by atoms with E-state index in [1.54, 1.807) is 0 Å². The number of rotatable bonds is 7. The number of halogens is 1. The van der Waals surface area contributed by atoms with Crippen molar-refractivity contribution < 1.29 is 14.3 Å². The maximum atomic E-state index is 14.0. The number of hydrogen-bond acceptors (Lipinski definition) is 7. The summed E-state index contributed by atoms with van der Waals surface area (Å²) >= 11 is 0. The number of β-amino-alcohol motifs (C(OH)–C–C–N with tert-alkyl or cyclic N) is 1. The number of nitrogens with one attached hydrogen (secondary N) is 3. The van der Waals surface area contributed by atoms with Crippen molar-refractivity contribution in [1.29, 1.82) is 0 Å². The minimum atomic E-state index is -1.02. The number of alkyl halides is 1. The van der Waals surface area contributed by atoms with Crippen molar-refractivity contribution >= 4 is 11.7 Å². The first-order valence-electron chi connectivity index (χ1n) is 10.8. The van der Waals surface area contributed by atoms with Gasteiger partial charge in [-0.3, -0.25) is 9.69 Å². The summed E-state index contributed by atoms with van der Waals surface area (Å²) < 4.78 is 14.0. The number of nitrogens with zero attached hydrogens (tertiary/aromatic N) is 3. The first kappa shape index (κ1) is 21.6. The van der Waals surface area contributed by atoms with Crippen molar-refractivity contribution in [2.24, 2.45) is 0 Å². The van der Waals surface area contributed by atoms with E-state index in [-0.39, 0.29) is 18.3 Å². The van der Waals surface area contributed by atoms with Gasteiger partial charge in [-0.05, 0) is 30.5 Å². The van der Waals surface area contributed by atoms with Crippen molar-refractivity contribution in [2.45, 2.75) is 37.7 Å². The van der Waals surface area contributed by atoms with E-state index in [1.807, 2.05) is 6.07 Å². The van der Waals surface area contributed by atoms with Crippen LogP contribution in [0.4, 0.5) is 10.2 Å². The number of amides is 1. The highest BCUT2D eigenvalue weighted by atomic mass is 19.1. The Morgan fingerprint density at radius 1 is 1.32 bits per heavy atom. The van der Waals surface area contributed by atoms with Crippen molar-refractivity contribution in [3.05, 3.63) is 53.5 Å². The number of benzene rings is 1. The predicted octanol–water partition coefficient (Wildman–Crippen LogP) is 0.738. The van der Waals surface area contributed by atoms with Crippen LogP contribution in [0.1, 0.15) is 28.0 Å². The zero-order valence-corrected chi connectivity index (χ0v) is 17.4. The van der Waals surface area contributed by atoms with Gasteiger partial charge in [0.25, 0.3) is 5.91 Å². The first-order valence-corrected chi connectivity index (χ1v) is 10.8. The molecular formula is C22H29FN6O2. The van der Waals surface area contributed by atoms with Gasteiger partial charge < -0.3 is 21.1 Å². The first-order chi connectivity index (χ1) is 15.1. The number of fused-ring (bicyclic) bond motifs is 1. The molecule has 0 spiro atoms. The molecule has 2 aromatic rings. The molecule has 3 heterocycles.